The number of aryl methyl sites for hydroxylation is 2. The molecule has 0 radical (unpaired) electrons. The zero-order valence-electron chi connectivity index (χ0n) is 25.1. The number of carbonyl (C=O) groups excluding carboxylic acids is 3. The van der Waals surface area contributed by atoms with Crippen LogP contribution in [0.25, 0.3) is 0 Å². The van der Waals surface area contributed by atoms with Gasteiger partial charge >= 0.3 is 4.87 Å². The van der Waals surface area contributed by atoms with Crippen molar-refractivity contribution in [3.8, 4) is 0 Å². The number of carbonyl (C=O) groups is 3. The highest BCUT2D eigenvalue weighted by Crippen LogP contribution is 2.54. The van der Waals surface area contributed by atoms with E-state index in [0.29, 0.717) is 21.3 Å². The lowest BCUT2D eigenvalue weighted by Crippen LogP contribution is -2.33. The summed E-state index contributed by atoms with van der Waals surface area (Å²) in [6.07, 6.45) is 0. The first-order valence-corrected chi connectivity index (χ1v) is 16.5. The van der Waals surface area contributed by atoms with Crippen molar-refractivity contribution in [2.75, 3.05) is 28.2 Å². The topological polar surface area (TPSA) is 91.7 Å². The molecule has 3 aromatic carbocycles. The summed E-state index contributed by atoms with van der Waals surface area (Å²) < 4.78 is 1.45. The first kappa shape index (κ1) is 29.9. The van der Waals surface area contributed by atoms with E-state index < -0.39 is 17.1 Å². The lowest BCUT2D eigenvalue weighted by Gasteiger charge is -2.31. The first-order chi connectivity index (χ1) is 21.2. The van der Waals surface area contributed by atoms with Crippen molar-refractivity contribution in [2.45, 2.75) is 50.4 Å². The van der Waals surface area contributed by atoms with E-state index in [1.165, 1.54) is 21.2 Å². The number of aromatic nitrogens is 1. The first-order valence-electron chi connectivity index (χ1n) is 14.8. The number of rotatable bonds is 8. The van der Waals surface area contributed by atoms with E-state index in [1.807, 2.05) is 68.4 Å². The molecule has 8 nitrogen and oxygen atoms in total. The van der Waals surface area contributed by atoms with Gasteiger partial charge in [-0.3, -0.25) is 23.7 Å². The lowest BCUT2D eigenvalue weighted by molar-refractivity contribution is -0.122. The van der Waals surface area contributed by atoms with E-state index in [9.17, 15) is 19.2 Å². The third-order valence-corrected chi connectivity index (χ3v) is 10.9. The van der Waals surface area contributed by atoms with Crippen LogP contribution in [0.15, 0.2) is 82.6 Å². The maximum absolute atomic E-state index is 14.1. The summed E-state index contributed by atoms with van der Waals surface area (Å²) >= 11 is 2.28. The molecular formula is C34H34N4O4S2. The molecule has 3 heterocycles. The molecule has 1 fully saturated rings. The molecule has 1 N–H and O–H groups in total. The Balaban J connectivity index is 1.41. The van der Waals surface area contributed by atoms with Crippen molar-refractivity contribution >= 4 is 57.9 Å². The quantitative estimate of drug-likeness (QED) is 0.249. The van der Waals surface area contributed by atoms with Gasteiger partial charge < -0.3 is 10.2 Å². The summed E-state index contributed by atoms with van der Waals surface area (Å²) in [7, 11) is 0. The van der Waals surface area contributed by atoms with Crippen LogP contribution >= 0.6 is 23.1 Å². The van der Waals surface area contributed by atoms with E-state index in [4.69, 9.17) is 0 Å². The van der Waals surface area contributed by atoms with Gasteiger partial charge in [0.15, 0.2) is 0 Å². The van der Waals surface area contributed by atoms with Gasteiger partial charge in [-0.15, -0.1) is 0 Å². The summed E-state index contributed by atoms with van der Waals surface area (Å²) in [5.41, 5.74) is 5.15. The molecule has 0 bridgehead atoms. The number of benzene rings is 3. The number of thiazole rings is 1. The molecule has 2 unspecified atom stereocenters. The van der Waals surface area contributed by atoms with Crippen LogP contribution in [-0.2, 0) is 20.9 Å². The predicted molar refractivity (Wildman–Crippen MR) is 177 cm³/mol. The zero-order chi connectivity index (χ0) is 31.1. The van der Waals surface area contributed by atoms with Crippen molar-refractivity contribution in [1.82, 2.24) is 4.57 Å². The number of hydrogen-bond acceptors (Lipinski definition) is 7. The standard InChI is InChI=1S/C34H34N4O4S2/c1-5-36(6-2)24-16-12-22(13-17-24)27-28-29(32(41)38(31(28)40)25-14-10-20(3)11-15-25)43-33-30(27)44-34(42)37(33)19-26(39)35-23-9-7-8-21(4)18-23/h7-18,27-29H,5-6,19H2,1-4H3,(H,35,39)/t27-,28?,29?/m1/s1. The minimum absolute atomic E-state index is 0.194. The second kappa shape index (κ2) is 12.1. The van der Waals surface area contributed by atoms with Crippen LogP contribution in [0.5, 0.6) is 0 Å². The Labute approximate surface area is 264 Å². The second-order valence-corrected chi connectivity index (χ2v) is 13.3. The fourth-order valence-electron chi connectivity index (χ4n) is 6.11. The molecule has 44 heavy (non-hydrogen) atoms. The van der Waals surface area contributed by atoms with E-state index in [-0.39, 0.29) is 29.1 Å². The van der Waals surface area contributed by atoms with Gasteiger partial charge in [0.25, 0.3) is 0 Å². The molecule has 10 heteroatoms. The average Bonchev–Trinajstić information content (AvgIpc) is 3.45. The van der Waals surface area contributed by atoms with Crippen molar-refractivity contribution in [3.05, 3.63) is 104 Å². The largest absolute Gasteiger partial charge is 0.372 e. The highest BCUT2D eigenvalue weighted by atomic mass is 32.2. The van der Waals surface area contributed by atoms with Gasteiger partial charge in [-0.25, -0.2) is 4.90 Å². The molecule has 0 spiro atoms. The molecule has 1 saturated heterocycles. The predicted octanol–water partition coefficient (Wildman–Crippen LogP) is 5.81. The van der Waals surface area contributed by atoms with Crippen LogP contribution in [0.3, 0.4) is 0 Å². The molecule has 3 amide bonds. The maximum Gasteiger partial charge on any atom is 0.308 e. The third kappa shape index (κ3) is 5.37. The fraction of sp³-hybridized carbons (Fsp3) is 0.294. The van der Waals surface area contributed by atoms with Crippen molar-refractivity contribution in [2.24, 2.45) is 5.92 Å². The van der Waals surface area contributed by atoms with E-state index in [0.717, 1.165) is 46.8 Å². The number of imide groups is 1. The van der Waals surface area contributed by atoms with Crippen LogP contribution in [-0.4, -0.2) is 40.6 Å². The SMILES string of the molecule is CCN(CC)c1ccc([C@H]2c3sc(=O)n(CC(=O)Nc4cccc(C)c4)c3SC3C(=O)N(c4ccc(C)cc4)C(=O)C32)cc1. The number of anilines is 3. The molecule has 6 rings (SSSR count). The number of fused-ring (bicyclic) bond motifs is 2. The highest BCUT2D eigenvalue weighted by molar-refractivity contribution is 8.00. The van der Waals surface area contributed by atoms with Crippen LogP contribution in [0, 0.1) is 19.8 Å². The van der Waals surface area contributed by atoms with Crippen LogP contribution in [0.1, 0.15) is 41.3 Å². The van der Waals surface area contributed by atoms with Gasteiger partial charge in [-0.1, -0.05) is 65.1 Å². The van der Waals surface area contributed by atoms with Crippen LogP contribution in [0.2, 0.25) is 0 Å². The van der Waals surface area contributed by atoms with Crippen LogP contribution < -0.4 is 20.0 Å². The maximum atomic E-state index is 14.1. The lowest BCUT2D eigenvalue weighted by atomic mass is 9.83. The average molecular weight is 627 g/mol. The van der Waals surface area contributed by atoms with E-state index >= 15 is 0 Å². The normalized spacial score (nSPS) is 19.1. The molecular weight excluding hydrogens is 593 g/mol. The summed E-state index contributed by atoms with van der Waals surface area (Å²) in [5, 5.41) is 2.73. The number of nitrogens with zero attached hydrogens (tertiary/aromatic N) is 3. The van der Waals surface area contributed by atoms with E-state index in [1.54, 1.807) is 18.2 Å². The molecule has 1 aromatic heterocycles. The second-order valence-electron chi connectivity index (χ2n) is 11.2. The number of thioether (sulfide) groups is 1. The van der Waals surface area contributed by atoms with Gasteiger partial charge in [-0.2, -0.15) is 0 Å². The Kier molecular flexibility index (Phi) is 8.22. The monoisotopic (exact) mass is 626 g/mol. The van der Waals surface area contributed by atoms with Crippen molar-refractivity contribution in [1.29, 1.82) is 0 Å². The Morgan fingerprint density at radius 3 is 2.25 bits per heavy atom. The van der Waals surface area contributed by atoms with Gasteiger partial charge in [0.05, 0.1) is 16.6 Å². The molecule has 4 aromatic rings. The third-order valence-electron chi connectivity index (χ3n) is 8.33. The summed E-state index contributed by atoms with van der Waals surface area (Å²) in [4.78, 5) is 58.6. The zero-order valence-corrected chi connectivity index (χ0v) is 26.7. The number of hydrogen-bond donors (Lipinski definition) is 1. The molecule has 2 aliphatic heterocycles. The highest BCUT2D eigenvalue weighted by Gasteiger charge is 2.56. The van der Waals surface area contributed by atoms with E-state index in [2.05, 4.69) is 24.1 Å². The summed E-state index contributed by atoms with van der Waals surface area (Å²) in [6, 6.07) is 22.9. The van der Waals surface area contributed by atoms with Gasteiger partial charge in [0.1, 0.15) is 11.8 Å². The number of amides is 3. The molecule has 226 valence electrons. The van der Waals surface area contributed by atoms with Gasteiger partial charge in [-0.05, 0) is 75.2 Å². The Bertz CT molecular complexity index is 1790. The molecule has 3 atom stereocenters. The molecule has 0 saturated carbocycles. The minimum Gasteiger partial charge on any atom is -0.372 e. The fourth-order valence-corrected chi connectivity index (χ4v) is 8.88. The van der Waals surface area contributed by atoms with Crippen LogP contribution in [0.4, 0.5) is 17.1 Å². The minimum atomic E-state index is -0.733. The van der Waals surface area contributed by atoms with Gasteiger partial charge in [0, 0.05) is 35.3 Å². The smallest absolute Gasteiger partial charge is 0.308 e. The Morgan fingerprint density at radius 2 is 1.59 bits per heavy atom. The summed E-state index contributed by atoms with van der Waals surface area (Å²) in [6.45, 7) is 9.63. The Hall–Kier alpha value is -4.15. The van der Waals surface area contributed by atoms with Crippen molar-refractivity contribution in [3.63, 3.8) is 0 Å². The van der Waals surface area contributed by atoms with Crippen molar-refractivity contribution < 1.29 is 14.4 Å². The molecule has 2 aliphatic rings. The molecule has 0 aliphatic carbocycles. The summed E-state index contributed by atoms with van der Waals surface area (Å²) in [5.74, 6) is -2.11. The van der Waals surface area contributed by atoms with Gasteiger partial charge in [0.2, 0.25) is 17.7 Å². The Morgan fingerprint density at radius 1 is 0.886 bits per heavy atom. The number of nitrogens with one attached hydrogen (secondary N) is 1.